The van der Waals surface area contributed by atoms with Gasteiger partial charge in [0.15, 0.2) is 5.78 Å². The van der Waals surface area contributed by atoms with Gasteiger partial charge in [-0.25, -0.2) is 0 Å². The Morgan fingerprint density at radius 1 is 1.41 bits per heavy atom. The van der Waals surface area contributed by atoms with Crippen molar-refractivity contribution < 1.29 is 14.3 Å². The maximum Gasteiger partial charge on any atom is 0.317 e. The number of esters is 1. The van der Waals surface area contributed by atoms with Crippen molar-refractivity contribution in [2.45, 2.75) is 6.54 Å². The first-order valence-electron chi connectivity index (χ1n) is 5.57. The monoisotopic (exact) mass is 233 g/mol. The van der Waals surface area contributed by atoms with Gasteiger partial charge in [-0.05, 0) is 5.56 Å². The summed E-state index contributed by atoms with van der Waals surface area (Å²) in [6.07, 6.45) is 0. The van der Waals surface area contributed by atoms with Crippen LogP contribution < -0.4 is 0 Å². The van der Waals surface area contributed by atoms with E-state index in [4.69, 9.17) is 0 Å². The van der Waals surface area contributed by atoms with E-state index >= 15 is 0 Å². The molecular weight excluding hydrogens is 218 g/mol. The zero-order valence-corrected chi connectivity index (χ0v) is 9.76. The predicted molar refractivity (Wildman–Crippen MR) is 62.2 cm³/mol. The minimum atomic E-state index is -0.608. The summed E-state index contributed by atoms with van der Waals surface area (Å²) in [6.45, 7) is 1.48. The van der Waals surface area contributed by atoms with Crippen molar-refractivity contribution in [3.05, 3.63) is 35.9 Å². The lowest BCUT2D eigenvalue weighted by Crippen LogP contribution is -2.24. The minimum Gasteiger partial charge on any atom is -0.468 e. The van der Waals surface area contributed by atoms with Crippen LogP contribution in [0.1, 0.15) is 5.56 Å². The van der Waals surface area contributed by atoms with Crippen LogP contribution in [0.15, 0.2) is 30.3 Å². The molecule has 0 amide bonds. The molecule has 1 aliphatic rings. The van der Waals surface area contributed by atoms with Crippen molar-refractivity contribution in [3.63, 3.8) is 0 Å². The summed E-state index contributed by atoms with van der Waals surface area (Å²) < 4.78 is 4.62. The average Bonchev–Trinajstić information content (AvgIpc) is 2.70. The van der Waals surface area contributed by atoms with Gasteiger partial charge in [0.2, 0.25) is 0 Å². The topological polar surface area (TPSA) is 46.6 Å². The summed E-state index contributed by atoms with van der Waals surface area (Å²) in [4.78, 5) is 25.0. The third kappa shape index (κ3) is 2.71. The Kier molecular flexibility index (Phi) is 3.54. The lowest BCUT2D eigenvalue weighted by Gasteiger charge is -2.14. The number of Topliss-reactive ketones (excluding diaryl/α,β-unsaturated/α-hetero) is 1. The van der Waals surface area contributed by atoms with Crippen molar-refractivity contribution in [1.82, 2.24) is 4.90 Å². The number of rotatable bonds is 3. The van der Waals surface area contributed by atoms with Gasteiger partial charge in [0.25, 0.3) is 0 Å². The second-order valence-electron chi connectivity index (χ2n) is 4.20. The van der Waals surface area contributed by atoms with Gasteiger partial charge in [-0.3, -0.25) is 14.5 Å². The van der Waals surface area contributed by atoms with Gasteiger partial charge < -0.3 is 4.74 Å². The molecule has 1 fully saturated rings. The number of hydrogen-bond acceptors (Lipinski definition) is 4. The number of likely N-dealkylation sites (tertiary alicyclic amines) is 1. The molecule has 1 saturated heterocycles. The molecule has 0 spiro atoms. The van der Waals surface area contributed by atoms with Crippen molar-refractivity contribution in [2.24, 2.45) is 5.92 Å². The van der Waals surface area contributed by atoms with Crippen LogP contribution in [0, 0.1) is 5.92 Å². The van der Waals surface area contributed by atoms with E-state index in [1.807, 2.05) is 35.2 Å². The highest BCUT2D eigenvalue weighted by Crippen LogP contribution is 2.16. The number of carbonyl (C=O) groups excluding carboxylic acids is 2. The van der Waals surface area contributed by atoms with E-state index in [1.54, 1.807) is 0 Å². The third-order valence-electron chi connectivity index (χ3n) is 2.94. The fourth-order valence-electron chi connectivity index (χ4n) is 2.07. The Labute approximate surface area is 100 Å². The van der Waals surface area contributed by atoms with Gasteiger partial charge >= 0.3 is 5.97 Å². The maximum atomic E-state index is 11.6. The van der Waals surface area contributed by atoms with E-state index in [2.05, 4.69) is 4.74 Å². The minimum absolute atomic E-state index is 0.0484. The number of nitrogens with zero attached hydrogens (tertiary/aromatic N) is 1. The fourth-order valence-corrected chi connectivity index (χ4v) is 2.07. The molecular formula is C13H15NO3. The summed E-state index contributed by atoms with van der Waals surface area (Å²) in [5, 5.41) is 0. The lowest BCUT2D eigenvalue weighted by atomic mass is 10.1. The Morgan fingerprint density at radius 2 is 2.12 bits per heavy atom. The number of ether oxygens (including phenoxy) is 1. The molecule has 0 unspecified atom stereocenters. The molecule has 17 heavy (non-hydrogen) atoms. The van der Waals surface area contributed by atoms with Gasteiger partial charge in [0.1, 0.15) is 5.92 Å². The van der Waals surface area contributed by atoms with E-state index in [0.717, 1.165) is 5.56 Å². The molecule has 0 aliphatic carbocycles. The average molecular weight is 233 g/mol. The second-order valence-corrected chi connectivity index (χ2v) is 4.20. The zero-order valence-electron chi connectivity index (χ0n) is 9.76. The molecule has 1 aromatic rings. The number of benzene rings is 1. The first kappa shape index (κ1) is 11.8. The molecule has 0 radical (unpaired) electrons. The summed E-state index contributed by atoms with van der Waals surface area (Å²) in [6, 6.07) is 9.90. The fraction of sp³-hybridized carbons (Fsp3) is 0.385. The molecule has 1 atom stereocenters. The van der Waals surface area contributed by atoms with Gasteiger partial charge in [-0.1, -0.05) is 30.3 Å². The number of ketones is 1. The molecule has 1 aliphatic heterocycles. The van der Waals surface area contributed by atoms with Crippen molar-refractivity contribution in [2.75, 3.05) is 20.2 Å². The molecule has 0 N–H and O–H groups in total. The van der Waals surface area contributed by atoms with Crippen LogP contribution >= 0.6 is 0 Å². The number of hydrogen-bond donors (Lipinski definition) is 0. The number of methoxy groups -OCH3 is 1. The van der Waals surface area contributed by atoms with E-state index in [0.29, 0.717) is 19.6 Å². The SMILES string of the molecule is COC(=O)[C@@H]1CN(Cc2ccccc2)CC1=O. The lowest BCUT2D eigenvalue weighted by molar-refractivity contribution is -0.147. The Hall–Kier alpha value is -1.68. The van der Waals surface area contributed by atoms with Crippen LogP contribution in [0.25, 0.3) is 0 Å². The predicted octanol–water partition coefficient (Wildman–Crippen LogP) is 0.861. The van der Waals surface area contributed by atoms with E-state index in [1.165, 1.54) is 7.11 Å². The molecule has 4 nitrogen and oxygen atoms in total. The van der Waals surface area contributed by atoms with E-state index in [-0.39, 0.29) is 5.78 Å². The van der Waals surface area contributed by atoms with Crippen LogP contribution in [0.2, 0.25) is 0 Å². The first-order chi connectivity index (χ1) is 8.20. The van der Waals surface area contributed by atoms with Crippen molar-refractivity contribution in [3.8, 4) is 0 Å². The first-order valence-corrected chi connectivity index (χ1v) is 5.57. The Bertz CT molecular complexity index is 416. The van der Waals surface area contributed by atoms with Crippen molar-refractivity contribution >= 4 is 11.8 Å². The van der Waals surface area contributed by atoms with Gasteiger partial charge in [0.05, 0.1) is 13.7 Å². The van der Waals surface area contributed by atoms with E-state index < -0.39 is 11.9 Å². The zero-order chi connectivity index (χ0) is 12.3. The van der Waals surface area contributed by atoms with Crippen LogP contribution in [0.4, 0.5) is 0 Å². The molecule has 0 bridgehead atoms. The van der Waals surface area contributed by atoms with E-state index in [9.17, 15) is 9.59 Å². The highest BCUT2D eigenvalue weighted by molar-refractivity contribution is 6.01. The van der Waals surface area contributed by atoms with Gasteiger partial charge in [-0.2, -0.15) is 0 Å². The Balaban J connectivity index is 1.98. The molecule has 4 heteroatoms. The maximum absolute atomic E-state index is 11.6. The third-order valence-corrected chi connectivity index (χ3v) is 2.94. The molecule has 2 rings (SSSR count). The molecule has 1 heterocycles. The summed E-state index contributed by atoms with van der Waals surface area (Å²) >= 11 is 0. The van der Waals surface area contributed by atoms with Crippen molar-refractivity contribution in [1.29, 1.82) is 0 Å². The second kappa shape index (κ2) is 5.10. The molecule has 1 aromatic carbocycles. The summed E-state index contributed by atoms with van der Waals surface area (Å²) in [5.74, 6) is -1.08. The van der Waals surface area contributed by atoms with Crippen LogP contribution in [-0.2, 0) is 20.9 Å². The Morgan fingerprint density at radius 3 is 2.76 bits per heavy atom. The quantitative estimate of drug-likeness (QED) is 0.574. The summed E-state index contributed by atoms with van der Waals surface area (Å²) in [5.41, 5.74) is 1.14. The van der Waals surface area contributed by atoms with Crippen LogP contribution in [-0.4, -0.2) is 36.9 Å². The van der Waals surface area contributed by atoms with Gasteiger partial charge in [0, 0.05) is 13.1 Å². The number of carbonyl (C=O) groups is 2. The molecule has 90 valence electrons. The summed E-state index contributed by atoms with van der Waals surface area (Å²) in [7, 11) is 1.31. The normalized spacial score (nSPS) is 20.5. The van der Waals surface area contributed by atoms with Crippen LogP contribution in [0.3, 0.4) is 0 Å². The highest BCUT2D eigenvalue weighted by atomic mass is 16.5. The van der Waals surface area contributed by atoms with Gasteiger partial charge in [-0.15, -0.1) is 0 Å². The highest BCUT2D eigenvalue weighted by Gasteiger charge is 2.36. The largest absolute Gasteiger partial charge is 0.468 e. The standard InChI is InChI=1S/C13H15NO3/c1-17-13(16)11-8-14(9-12(11)15)7-10-5-3-2-4-6-10/h2-6,11H,7-9H2,1H3/t11-/m1/s1. The molecule has 0 aromatic heterocycles. The van der Waals surface area contributed by atoms with Crippen LogP contribution in [0.5, 0.6) is 0 Å². The smallest absolute Gasteiger partial charge is 0.317 e. The molecule has 0 saturated carbocycles.